The minimum atomic E-state index is 0.395. The zero-order valence-corrected chi connectivity index (χ0v) is 4.72. The third-order valence-corrected chi connectivity index (χ3v) is 0.549. The van der Waals surface area contributed by atoms with Gasteiger partial charge in [0.05, 0.1) is 19.4 Å². The van der Waals surface area contributed by atoms with Gasteiger partial charge in [0.15, 0.2) is 0 Å². The van der Waals surface area contributed by atoms with E-state index < -0.39 is 0 Å². The van der Waals surface area contributed by atoms with Crippen LogP contribution < -0.4 is 0 Å². The van der Waals surface area contributed by atoms with E-state index in [-0.39, 0.29) is 0 Å². The Bertz CT molecular complexity index is 141. The average Bonchev–Trinajstić information content (AvgIpc) is 1.83. The van der Waals surface area contributed by atoms with E-state index in [4.69, 9.17) is 5.26 Å². The number of ether oxygens (including phenoxy) is 1. The lowest BCUT2D eigenvalue weighted by atomic mass is 10.3. The molecule has 0 atom stereocenters. The van der Waals surface area contributed by atoms with Gasteiger partial charge in [-0.15, -0.1) is 0 Å². The summed E-state index contributed by atoms with van der Waals surface area (Å²) in [6.45, 7) is 3.38. The quantitative estimate of drug-likeness (QED) is 0.303. The number of allylic oxidation sites excluding steroid dienone is 2. The second-order valence-corrected chi connectivity index (χ2v) is 1.18. The van der Waals surface area contributed by atoms with Crippen molar-refractivity contribution in [2.75, 3.05) is 7.11 Å². The molecule has 2 heteroatoms. The van der Waals surface area contributed by atoms with Crippen LogP contribution in [0, 0.1) is 11.3 Å². The molecule has 0 aromatic heterocycles. The minimum absolute atomic E-state index is 0.395. The van der Waals surface area contributed by atoms with Gasteiger partial charge in [0, 0.05) is 5.57 Å². The van der Waals surface area contributed by atoms with Gasteiger partial charge >= 0.3 is 0 Å². The van der Waals surface area contributed by atoms with Crippen LogP contribution in [0.2, 0.25) is 0 Å². The van der Waals surface area contributed by atoms with Crippen LogP contribution in [0.25, 0.3) is 0 Å². The summed E-state index contributed by atoms with van der Waals surface area (Å²) in [5.74, 6) is 0. The monoisotopic (exact) mass is 109 g/mol. The number of rotatable bonds is 2. The van der Waals surface area contributed by atoms with Gasteiger partial charge in [-0.3, -0.25) is 0 Å². The van der Waals surface area contributed by atoms with E-state index in [2.05, 4.69) is 11.3 Å². The first-order valence-electron chi connectivity index (χ1n) is 2.09. The van der Waals surface area contributed by atoms with E-state index in [1.807, 2.05) is 6.07 Å². The molecule has 0 aliphatic heterocycles. The Hall–Kier alpha value is -1.23. The molecule has 0 unspecified atom stereocenters. The normalized spacial score (nSPS) is 8.50. The number of methoxy groups -OCH3 is 1. The highest BCUT2D eigenvalue weighted by Gasteiger charge is 1.76. The summed E-state index contributed by atoms with van der Waals surface area (Å²) < 4.78 is 4.52. The van der Waals surface area contributed by atoms with Crippen LogP contribution in [0.15, 0.2) is 24.5 Å². The number of hydrogen-bond acceptors (Lipinski definition) is 2. The highest BCUT2D eigenvalue weighted by Crippen LogP contribution is 1.87. The minimum Gasteiger partial charge on any atom is -0.504 e. The molecule has 0 aromatic carbocycles. The maximum atomic E-state index is 8.11. The summed E-state index contributed by atoms with van der Waals surface area (Å²) in [4.78, 5) is 0. The molecular weight excluding hydrogens is 102 g/mol. The van der Waals surface area contributed by atoms with Gasteiger partial charge in [0.1, 0.15) is 0 Å². The van der Waals surface area contributed by atoms with E-state index in [0.29, 0.717) is 5.57 Å². The van der Waals surface area contributed by atoms with E-state index in [9.17, 15) is 0 Å². The van der Waals surface area contributed by atoms with Crippen LogP contribution in [0.4, 0.5) is 0 Å². The van der Waals surface area contributed by atoms with Crippen molar-refractivity contribution in [1.82, 2.24) is 0 Å². The van der Waals surface area contributed by atoms with E-state index in [1.165, 1.54) is 19.4 Å². The van der Waals surface area contributed by atoms with E-state index in [0.717, 1.165) is 0 Å². The summed E-state index contributed by atoms with van der Waals surface area (Å²) >= 11 is 0. The van der Waals surface area contributed by atoms with Crippen molar-refractivity contribution in [3.63, 3.8) is 0 Å². The third-order valence-electron chi connectivity index (χ3n) is 0.549. The first-order valence-corrected chi connectivity index (χ1v) is 2.09. The highest BCUT2D eigenvalue weighted by molar-refractivity contribution is 5.28. The van der Waals surface area contributed by atoms with Crippen molar-refractivity contribution >= 4 is 0 Å². The van der Waals surface area contributed by atoms with E-state index >= 15 is 0 Å². The molecular formula is C6H7NO. The lowest BCUT2D eigenvalue weighted by molar-refractivity contribution is 0.338. The van der Waals surface area contributed by atoms with Gasteiger partial charge in [-0.2, -0.15) is 5.26 Å². The molecule has 0 spiro atoms. The molecule has 2 nitrogen and oxygen atoms in total. The molecule has 0 fully saturated rings. The lowest BCUT2D eigenvalue weighted by Gasteiger charge is -1.82. The van der Waals surface area contributed by atoms with Gasteiger partial charge in [-0.05, 0) is 6.08 Å². The lowest BCUT2D eigenvalue weighted by Crippen LogP contribution is -1.67. The standard InChI is InChI=1S/C6H7NO/c1-6(5-7)3-4-8-2/h3-4H,1H2,2H3. The summed E-state index contributed by atoms with van der Waals surface area (Å²) in [6.07, 6.45) is 2.91. The van der Waals surface area contributed by atoms with Crippen LogP contribution in [0.1, 0.15) is 0 Å². The van der Waals surface area contributed by atoms with Crippen LogP contribution in [-0.2, 0) is 4.74 Å². The van der Waals surface area contributed by atoms with Crippen molar-refractivity contribution in [3.05, 3.63) is 24.5 Å². The Labute approximate surface area is 48.7 Å². The van der Waals surface area contributed by atoms with Gasteiger partial charge in [-0.1, -0.05) is 6.58 Å². The molecule has 0 amide bonds. The number of nitrogens with zero attached hydrogens (tertiary/aromatic N) is 1. The van der Waals surface area contributed by atoms with Crippen molar-refractivity contribution in [2.24, 2.45) is 0 Å². The van der Waals surface area contributed by atoms with Crippen molar-refractivity contribution in [1.29, 1.82) is 5.26 Å². The molecule has 0 saturated heterocycles. The topological polar surface area (TPSA) is 33.0 Å². The Morgan fingerprint density at radius 3 is 2.88 bits per heavy atom. The summed E-state index contributed by atoms with van der Waals surface area (Å²) in [5, 5.41) is 8.11. The molecule has 0 N–H and O–H groups in total. The molecule has 8 heavy (non-hydrogen) atoms. The molecule has 42 valence electrons. The summed E-state index contributed by atoms with van der Waals surface area (Å²) in [5.41, 5.74) is 0.395. The van der Waals surface area contributed by atoms with Crippen LogP contribution in [0.3, 0.4) is 0 Å². The predicted molar refractivity (Wildman–Crippen MR) is 30.9 cm³/mol. The van der Waals surface area contributed by atoms with E-state index in [1.54, 1.807) is 0 Å². The maximum Gasteiger partial charge on any atom is 0.0986 e. The van der Waals surface area contributed by atoms with Crippen molar-refractivity contribution in [2.45, 2.75) is 0 Å². The highest BCUT2D eigenvalue weighted by atomic mass is 16.5. The van der Waals surface area contributed by atoms with Gasteiger partial charge in [0.25, 0.3) is 0 Å². The van der Waals surface area contributed by atoms with Gasteiger partial charge in [-0.25, -0.2) is 0 Å². The molecule has 0 heterocycles. The Kier molecular flexibility index (Phi) is 3.34. The summed E-state index contributed by atoms with van der Waals surface area (Å²) in [6, 6.07) is 1.84. The van der Waals surface area contributed by atoms with Crippen molar-refractivity contribution < 1.29 is 4.74 Å². The predicted octanol–water partition coefficient (Wildman–Crippen LogP) is 1.23. The fourth-order valence-electron chi connectivity index (χ4n) is 0.187. The maximum absolute atomic E-state index is 8.11. The zero-order chi connectivity index (χ0) is 6.41. The molecule has 0 aliphatic carbocycles. The SMILES string of the molecule is C=C(C#N)C=COC. The van der Waals surface area contributed by atoms with Gasteiger partial charge < -0.3 is 4.74 Å². The second-order valence-electron chi connectivity index (χ2n) is 1.18. The molecule has 0 radical (unpaired) electrons. The Balaban J connectivity index is 3.58. The fourth-order valence-corrected chi connectivity index (χ4v) is 0.187. The third kappa shape index (κ3) is 2.98. The molecule has 0 aromatic rings. The first kappa shape index (κ1) is 6.77. The Morgan fingerprint density at radius 1 is 1.88 bits per heavy atom. The summed E-state index contributed by atoms with van der Waals surface area (Å²) in [7, 11) is 1.52. The second kappa shape index (κ2) is 3.94. The molecule has 0 bridgehead atoms. The Morgan fingerprint density at radius 2 is 2.50 bits per heavy atom. The smallest absolute Gasteiger partial charge is 0.0986 e. The largest absolute Gasteiger partial charge is 0.504 e. The van der Waals surface area contributed by atoms with Crippen molar-refractivity contribution in [3.8, 4) is 6.07 Å². The number of nitriles is 1. The fraction of sp³-hybridized carbons (Fsp3) is 0.167. The first-order chi connectivity index (χ1) is 3.81. The zero-order valence-electron chi connectivity index (χ0n) is 4.72. The average molecular weight is 109 g/mol. The van der Waals surface area contributed by atoms with Crippen LogP contribution in [0.5, 0.6) is 0 Å². The molecule has 0 saturated carbocycles. The van der Waals surface area contributed by atoms with Crippen LogP contribution in [-0.4, -0.2) is 7.11 Å². The van der Waals surface area contributed by atoms with Crippen LogP contribution >= 0.6 is 0 Å². The molecule has 0 rings (SSSR count). The van der Waals surface area contributed by atoms with Gasteiger partial charge in [0.2, 0.25) is 0 Å². The number of hydrogen-bond donors (Lipinski definition) is 0. The molecule has 0 aliphatic rings.